The molecule has 1 aliphatic heterocycles. The Labute approximate surface area is 164 Å². The van der Waals surface area contributed by atoms with Gasteiger partial charge in [0.2, 0.25) is 0 Å². The van der Waals surface area contributed by atoms with Crippen LogP contribution in [0.5, 0.6) is 17.2 Å². The zero-order chi connectivity index (χ0) is 20.1. The molecule has 5 nitrogen and oxygen atoms in total. The summed E-state index contributed by atoms with van der Waals surface area (Å²) in [5.74, 6) is 1.45. The van der Waals surface area contributed by atoms with Crippen molar-refractivity contribution < 1.29 is 24.1 Å². The number of phenols is 2. The van der Waals surface area contributed by atoms with E-state index < -0.39 is 5.82 Å². The molecule has 0 radical (unpaired) electrons. The molecule has 1 saturated heterocycles. The molecule has 28 heavy (non-hydrogen) atoms. The summed E-state index contributed by atoms with van der Waals surface area (Å²) in [4.78, 5) is 14.4. The fourth-order valence-electron chi connectivity index (χ4n) is 4.02. The standard InChI is InChI=1S/C15H19NO2.C7H7FO2/c17-14-6-4-11(5-7-14)15(18)10-16-8-12-2-1-3-13(12)9-16;1-10-5-2-3-6(8)7(9)4-5/h4-7,12-13,17H,1-3,8-10H2;2-4,9H,1H3/t12-,13+;. The third kappa shape index (κ3) is 5.01. The number of nitrogens with zero attached hydrogens (tertiary/aromatic N) is 1. The highest BCUT2D eigenvalue weighted by Crippen LogP contribution is 2.37. The highest BCUT2D eigenvalue weighted by Gasteiger charge is 2.36. The quantitative estimate of drug-likeness (QED) is 0.780. The topological polar surface area (TPSA) is 70.0 Å². The second kappa shape index (κ2) is 9.06. The lowest BCUT2D eigenvalue weighted by molar-refractivity contribution is 0.0941. The molecule has 2 aromatic carbocycles. The van der Waals surface area contributed by atoms with Gasteiger partial charge in [-0.15, -0.1) is 0 Å². The van der Waals surface area contributed by atoms with E-state index in [0.717, 1.165) is 31.0 Å². The minimum atomic E-state index is -0.638. The van der Waals surface area contributed by atoms with Crippen LogP contribution in [-0.2, 0) is 0 Å². The van der Waals surface area contributed by atoms with Crippen molar-refractivity contribution in [1.29, 1.82) is 0 Å². The van der Waals surface area contributed by atoms with Crippen molar-refractivity contribution in [3.05, 3.63) is 53.8 Å². The maximum absolute atomic E-state index is 12.3. The molecule has 0 bridgehead atoms. The van der Waals surface area contributed by atoms with Gasteiger partial charge in [0.1, 0.15) is 11.5 Å². The molecule has 1 saturated carbocycles. The van der Waals surface area contributed by atoms with Crippen LogP contribution in [0.15, 0.2) is 42.5 Å². The molecule has 2 aromatic rings. The van der Waals surface area contributed by atoms with Gasteiger partial charge in [-0.1, -0.05) is 6.42 Å². The number of ether oxygens (including phenoxy) is 1. The van der Waals surface area contributed by atoms with E-state index in [2.05, 4.69) is 4.90 Å². The van der Waals surface area contributed by atoms with Gasteiger partial charge in [-0.05, 0) is 61.1 Å². The van der Waals surface area contributed by atoms with Gasteiger partial charge >= 0.3 is 0 Å². The average Bonchev–Trinajstić information content (AvgIpc) is 3.26. The van der Waals surface area contributed by atoms with Crippen LogP contribution in [0.3, 0.4) is 0 Å². The molecule has 0 aromatic heterocycles. The molecule has 6 heteroatoms. The highest BCUT2D eigenvalue weighted by atomic mass is 19.1. The molecule has 0 unspecified atom stereocenters. The Kier molecular flexibility index (Phi) is 6.52. The Bertz CT molecular complexity index is 797. The molecular weight excluding hydrogens is 361 g/mol. The number of rotatable bonds is 4. The van der Waals surface area contributed by atoms with Gasteiger partial charge in [-0.25, -0.2) is 4.39 Å². The van der Waals surface area contributed by atoms with Crippen molar-refractivity contribution in [2.24, 2.45) is 11.8 Å². The van der Waals surface area contributed by atoms with Crippen LogP contribution in [0.1, 0.15) is 29.6 Å². The number of hydrogen-bond acceptors (Lipinski definition) is 5. The highest BCUT2D eigenvalue weighted by molar-refractivity contribution is 5.97. The van der Waals surface area contributed by atoms with Crippen molar-refractivity contribution in [1.82, 2.24) is 4.90 Å². The number of ketones is 1. The van der Waals surface area contributed by atoms with E-state index in [1.54, 1.807) is 24.3 Å². The fourth-order valence-corrected chi connectivity index (χ4v) is 4.02. The van der Waals surface area contributed by atoms with E-state index >= 15 is 0 Å². The van der Waals surface area contributed by atoms with Crippen molar-refractivity contribution in [3.8, 4) is 17.2 Å². The molecule has 150 valence electrons. The van der Waals surface area contributed by atoms with Gasteiger partial charge in [-0.3, -0.25) is 9.69 Å². The first kappa shape index (κ1) is 20.1. The number of halogens is 1. The zero-order valence-electron chi connectivity index (χ0n) is 16.0. The van der Waals surface area contributed by atoms with E-state index in [4.69, 9.17) is 9.84 Å². The van der Waals surface area contributed by atoms with Crippen LogP contribution < -0.4 is 4.74 Å². The lowest BCUT2D eigenvalue weighted by atomic mass is 10.0. The fraction of sp³-hybridized carbons (Fsp3) is 0.409. The van der Waals surface area contributed by atoms with Crippen LogP contribution in [0.2, 0.25) is 0 Å². The van der Waals surface area contributed by atoms with E-state index in [0.29, 0.717) is 17.9 Å². The lowest BCUT2D eigenvalue weighted by Crippen LogP contribution is -2.28. The largest absolute Gasteiger partial charge is 0.508 e. The molecule has 0 amide bonds. The van der Waals surface area contributed by atoms with Gasteiger partial charge in [0, 0.05) is 24.7 Å². The SMILES string of the molecule is COc1ccc(F)c(O)c1.O=C(CN1C[C@H]2CCC[C@H]2C1)c1ccc(O)cc1. The molecule has 2 aliphatic rings. The van der Waals surface area contributed by atoms with E-state index in [1.807, 2.05) is 0 Å². The summed E-state index contributed by atoms with van der Waals surface area (Å²) in [6.07, 6.45) is 4.05. The summed E-state index contributed by atoms with van der Waals surface area (Å²) in [5, 5.41) is 18.0. The van der Waals surface area contributed by atoms with Crippen molar-refractivity contribution in [2.45, 2.75) is 19.3 Å². The zero-order valence-corrected chi connectivity index (χ0v) is 16.0. The predicted octanol–water partition coefficient (Wildman–Crippen LogP) is 3.85. The number of Topliss-reactive ketones (excluding diaryl/α,β-unsaturated/α-hetero) is 1. The lowest BCUT2D eigenvalue weighted by Gasteiger charge is -2.15. The first-order valence-electron chi connectivity index (χ1n) is 9.53. The summed E-state index contributed by atoms with van der Waals surface area (Å²) in [6.45, 7) is 2.71. The molecule has 1 heterocycles. The van der Waals surface area contributed by atoms with Gasteiger partial charge < -0.3 is 14.9 Å². The molecule has 2 fully saturated rings. The van der Waals surface area contributed by atoms with Gasteiger partial charge in [0.15, 0.2) is 17.3 Å². The molecule has 2 N–H and O–H groups in total. The number of hydrogen-bond donors (Lipinski definition) is 2. The monoisotopic (exact) mass is 387 g/mol. The number of carbonyl (C=O) groups excluding carboxylic acids is 1. The van der Waals surface area contributed by atoms with Crippen molar-refractivity contribution >= 4 is 5.78 Å². The number of likely N-dealkylation sites (tertiary alicyclic amines) is 1. The molecular formula is C22H26FNO4. The smallest absolute Gasteiger partial charge is 0.176 e. The minimum absolute atomic E-state index is 0.162. The summed E-state index contributed by atoms with van der Waals surface area (Å²) >= 11 is 0. The molecule has 2 atom stereocenters. The van der Waals surface area contributed by atoms with Crippen molar-refractivity contribution in [2.75, 3.05) is 26.7 Å². The van der Waals surface area contributed by atoms with Gasteiger partial charge in [0.05, 0.1) is 13.7 Å². The van der Waals surface area contributed by atoms with Gasteiger partial charge in [-0.2, -0.15) is 0 Å². The Balaban J connectivity index is 0.000000192. The van der Waals surface area contributed by atoms with E-state index in [-0.39, 0.29) is 17.3 Å². The van der Waals surface area contributed by atoms with Crippen LogP contribution in [0.25, 0.3) is 0 Å². The Morgan fingerprint density at radius 1 is 1.11 bits per heavy atom. The molecule has 0 spiro atoms. The van der Waals surface area contributed by atoms with E-state index in [9.17, 15) is 14.3 Å². The number of fused-ring (bicyclic) bond motifs is 1. The first-order valence-corrected chi connectivity index (χ1v) is 9.53. The second-order valence-corrected chi connectivity index (χ2v) is 7.43. The van der Waals surface area contributed by atoms with Crippen molar-refractivity contribution in [3.63, 3.8) is 0 Å². The second-order valence-electron chi connectivity index (χ2n) is 7.43. The number of carbonyl (C=O) groups is 1. The minimum Gasteiger partial charge on any atom is -0.508 e. The molecule has 1 aliphatic carbocycles. The average molecular weight is 387 g/mol. The van der Waals surface area contributed by atoms with Gasteiger partial charge in [0.25, 0.3) is 0 Å². The Hall–Kier alpha value is -2.60. The number of benzene rings is 2. The summed E-state index contributed by atoms with van der Waals surface area (Å²) < 4.78 is 17.1. The summed E-state index contributed by atoms with van der Waals surface area (Å²) in [5.41, 5.74) is 0.699. The first-order chi connectivity index (χ1) is 13.5. The molecule has 4 rings (SSSR count). The third-order valence-electron chi connectivity index (χ3n) is 5.51. The maximum atomic E-state index is 12.3. The Morgan fingerprint density at radius 2 is 1.75 bits per heavy atom. The van der Waals surface area contributed by atoms with Crippen LogP contribution in [0, 0.1) is 17.7 Å². The number of aromatic hydroxyl groups is 2. The number of phenolic OH excluding ortho intramolecular Hbond substituents is 2. The van der Waals surface area contributed by atoms with Crippen LogP contribution in [-0.4, -0.2) is 47.6 Å². The predicted molar refractivity (Wildman–Crippen MR) is 104 cm³/mol. The third-order valence-corrected chi connectivity index (χ3v) is 5.51. The number of methoxy groups -OCH3 is 1. The maximum Gasteiger partial charge on any atom is 0.176 e. The Morgan fingerprint density at radius 3 is 2.32 bits per heavy atom. The van der Waals surface area contributed by atoms with Crippen LogP contribution in [0.4, 0.5) is 4.39 Å². The summed E-state index contributed by atoms with van der Waals surface area (Å²) in [7, 11) is 1.45. The van der Waals surface area contributed by atoms with Crippen LogP contribution >= 0.6 is 0 Å². The normalized spacial score (nSPS) is 20.9. The van der Waals surface area contributed by atoms with E-state index in [1.165, 1.54) is 38.5 Å². The summed E-state index contributed by atoms with van der Waals surface area (Å²) in [6, 6.07) is 10.4.